The lowest BCUT2D eigenvalue weighted by Gasteiger charge is -2.28. The smallest absolute Gasteiger partial charge is 0.337 e. The second-order valence-corrected chi connectivity index (χ2v) is 5.12. The van der Waals surface area contributed by atoms with Crippen LogP contribution in [-0.4, -0.2) is 24.2 Å². The van der Waals surface area contributed by atoms with Crippen LogP contribution in [-0.2, 0) is 0 Å². The van der Waals surface area contributed by atoms with E-state index in [-0.39, 0.29) is 0 Å². The molecule has 1 aromatic rings. The fourth-order valence-corrected chi connectivity index (χ4v) is 2.37. The number of aromatic carboxylic acids is 1. The quantitative estimate of drug-likeness (QED) is 0.811. The average Bonchev–Trinajstić information content (AvgIpc) is 2.40. The first-order valence-electron chi connectivity index (χ1n) is 6.81. The summed E-state index contributed by atoms with van der Waals surface area (Å²) in [5.74, 6) is -0.338. The van der Waals surface area contributed by atoms with Crippen molar-refractivity contribution >= 4 is 23.3 Å². The molecule has 0 saturated heterocycles. The van der Waals surface area contributed by atoms with Gasteiger partial charge in [-0.3, -0.25) is 0 Å². The Kier molecular flexibility index (Phi) is 6.16. The van der Waals surface area contributed by atoms with Crippen molar-refractivity contribution < 1.29 is 9.90 Å². The average molecular weight is 284 g/mol. The molecular formula is C15H22ClNO2. The molecule has 19 heavy (non-hydrogen) atoms. The number of halogens is 1. The van der Waals surface area contributed by atoms with Gasteiger partial charge >= 0.3 is 5.97 Å². The predicted molar refractivity (Wildman–Crippen MR) is 80.4 cm³/mol. The third-order valence-corrected chi connectivity index (χ3v) is 3.78. The van der Waals surface area contributed by atoms with Crippen molar-refractivity contribution in [1.29, 1.82) is 0 Å². The molecule has 1 rings (SSSR count). The van der Waals surface area contributed by atoms with E-state index < -0.39 is 5.97 Å². The third kappa shape index (κ3) is 4.13. The van der Waals surface area contributed by atoms with Crippen LogP contribution < -0.4 is 4.90 Å². The highest BCUT2D eigenvalue weighted by Gasteiger charge is 2.17. The molecule has 0 amide bonds. The second-order valence-electron chi connectivity index (χ2n) is 4.69. The minimum Gasteiger partial charge on any atom is -0.478 e. The summed E-state index contributed by atoms with van der Waals surface area (Å²) in [6.07, 6.45) is 2.19. The van der Waals surface area contributed by atoms with E-state index in [0.717, 1.165) is 31.6 Å². The molecule has 0 unspecified atom stereocenters. The standard InChI is InChI=1S/C15H22ClNO2/c1-4-11(5-2)10-17(6-3)14-9-12(16)7-8-13(14)15(18)19/h7-9,11H,4-6,10H2,1-3H3,(H,18,19). The number of carbonyl (C=O) groups is 1. The number of carboxylic acid groups (broad SMARTS) is 1. The zero-order valence-electron chi connectivity index (χ0n) is 11.8. The van der Waals surface area contributed by atoms with Crippen LogP contribution in [0.2, 0.25) is 5.02 Å². The molecule has 0 atom stereocenters. The molecule has 0 radical (unpaired) electrons. The van der Waals surface area contributed by atoms with Gasteiger partial charge in [0.1, 0.15) is 0 Å². The Morgan fingerprint density at radius 3 is 2.42 bits per heavy atom. The zero-order chi connectivity index (χ0) is 14.4. The molecule has 0 heterocycles. The molecule has 106 valence electrons. The molecule has 4 heteroatoms. The molecule has 0 aliphatic carbocycles. The van der Waals surface area contributed by atoms with Gasteiger partial charge < -0.3 is 10.0 Å². The minimum atomic E-state index is -0.908. The normalized spacial score (nSPS) is 10.8. The third-order valence-electron chi connectivity index (χ3n) is 3.55. The lowest BCUT2D eigenvalue weighted by Crippen LogP contribution is -2.30. The van der Waals surface area contributed by atoms with Crippen molar-refractivity contribution in [3.8, 4) is 0 Å². The summed E-state index contributed by atoms with van der Waals surface area (Å²) in [7, 11) is 0. The van der Waals surface area contributed by atoms with Crippen LogP contribution in [0.25, 0.3) is 0 Å². The highest BCUT2D eigenvalue weighted by molar-refractivity contribution is 6.31. The van der Waals surface area contributed by atoms with Gasteiger partial charge in [0.05, 0.1) is 11.3 Å². The van der Waals surface area contributed by atoms with Gasteiger partial charge in [0.2, 0.25) is 0 Å². The Balaban J connectivity index is 3.09. The van der Waals surface area contributed by atoms with Crippen LogP contribution in [0, 0.1) is 5.92 Å². The van der Waals surface area contributed by atoms with Crippen LogP contribution in [0.3, 0.4) is 0 Å². The molecule has 0 aromatic heterocycles. The Bertz CT molecular complexity index is 430. The molecule has 3 nitrogen and oxygen atoms in total. The monoisotopic (exact) mass is 283 g/mol. The molecule has 0 spiro atoms. The highest BCUT2D eigenvalue weighted by atomic mass is 35.5. The van der Waals surface area contributed by atoms with Crippen LogP contribution >= 0.6 is 11.6 Å². The van der Waals surface area contributed by atoms with Crippen LogP contribution in [0.5, 0.6) is 0 Å². The largest absolute Gasteiger partial charge is 0.478 e. The topological polar surface area (TPSA) is 40.5 Å². The number of anilines is 1. The molecule has 0 aliphatic heterocycles. The van der Waals surface area contributed by atoms with Crippen LogP contribution in [0.1, 0.15) is 44.0 Å². The lowest BCUT2D eigenvalue weighted by atomic mass is 10.0. The van der Waals surface area contributed by atoms with Gasteiger partial charge in [-0.05, 0) is 31.0 Å². The number of benzene rings is 1. The van der Waals surface area contributed by atoms with E-state index in [1.807, 2.05) is 6.92 Å². The van der Waals surface area contributed by atoms with Gasteiger partial charge in [0, 0.05) is 18.1 Å². The summed E-state index contributed by atoms with van der Waals surface area (Å²) < 4.78 is 0. The number of nitrogens with zero attached hydrogens (tertiary/aromatic N) is 1. The van der Waals surface area contributed by atoms with Crippen LogP contribution in [0.4, 0.5) is 5.69 Å². The van der Waals surface area contributed by atoms with Crippen molar-refractivity contribution in [1.82, 2.24) is 0 Å². The van der Waals surface area contributed by atoms with Crippen molar-refractivity contribution in [3.05, 3.63) is 28.8 Å². The van der Waals surface area contributed by atoms with E-state index in [2.05, 4.69) is 18.7 Å². The SMILES string of the molecule is CCC(CC)CN(CC)c1cc(Cl)ccc1C(=O)O. The highest BCUT2D eigenvalue weighted by Crippen LogP contribution is 2.26. The summed E-state index contributed by atoms with van der Waals surface area (Å²) in [5, 5.41) is 9.85. The van der Waals surface area contributed by atoms with E-state index in [4.69, 9.17) is 11.6 Å². The van der Waals surface area contributed by atoms with Gasteiger partial charge in [-0.25, -0.2) is 4.79 Å². The fourth-order valence-electron chi connectivity index (χ4n) is 2.20. The summed E-state index contributed by atoms with van der Waals surface area (Å²) >= 11 is 6.01. The molecular weight excluding hydrogens is 262 g/mol. The first-order chi connectivity index (χ1) is 9.03. The molecule has 1 aromatic carbocycles. The van der Waals surface area contributed by atoms with E-state index >= 15 is 0 Å². The van der Waals surface area contributed by atoms with Crippen LogP contribution in [0.15, 0.2) is 18.2 Å². The van der Waals surface area contributed by atoms with Crippen molar-refractivity contribution in [2.45, 2.75) is 33.6 Å². The summed E-state index contributed by atoms with van der Waals surface area (Å²) in [5.41, 5.74) is 1.03. The van der Waals surface area contributed by atoms with E-state index in [9.17, 15) is 9.90 Å². The molecule has 0 aliphatic rings. The van der Waals surface area contributed by atoms with Crippen molar-refractivity contribution in [3.63, 3.8) is 0 Å². The van der Waals surface area contributed by atoms with Gasteiger partial charge in [-0.1, -0.05) is 38.3 Å². The summed E-state index contributed by atoms with van der Waals surface area (Å²) in [4.78, 5) is 13.4. The summed E-state index contributed by atoms with van der Waals surface area (Å²) in [6.45, 7) is 8.01. The minimum absolute atomic E-state index is 0.317. The number of carboxylic acids is 1. The van der Waals surface area contributed by atoms with E-state index in [1.165, 1.54) is 0 Å². The molecule has 0 bridgehead atoms. The number of hydrogen-bond donors (Lipinski definition) is 1. The summed E-state index contributed by atoms with van der Waals surface area (Å²) in [6, 6.07) is 4.95. The van der Waals surface area contributed by atoms with Gasteiger partial charge in [0.25, 0.3) is 0 Å². The molecule has 0 saturated carbocycles. The first kappa shape index (κ1) is 15.8. The van der Waals surface area contributed by atoms with E-state index in [0.29, 0.717) is 16.5 Å². The maximum absolute atomic E-state index is 11.3. The molecule has 0 fully saturated rings. The predicted octanol–water partition coefficient (Wildman–Crippen LogP) is 4.30. The van der Waals surface area contributed by atoms with E-state index in [1.54, 1.807) is 18.2 Å². The Morgan fingerprint density at radius 2 is 1.95 bits per heavy atom. The second kappa shape index (κ2) is 7.39. The number of hydrogen-bond acceptors (Lipinski definition) is 2. The maximum Gasteiger partial charge on any atom is 0.337 e. The zero-order valence-corrected chi connectivity index (χ0v) is 12.6. The first-order valence-corrected chi connectivity index (χ1v) is 7.18. The number of rotatable bonds is 7. The van der Waals surface area contributed by atoms with Gasteiger partial charge in [0.15, 0.2) is 0 Å². The lowest BCUT2D eigenvalue weighted by molar-refractivity contribution is 0.0697. The Hall–Kier alpha value is -1.22. The molecule has 1 N–H and O–H groups in total. The fraction of sp³-hybridized carbons (Fsp3) is 0.533. The van der Waals surface area contributed by atoms with Crippen molar-refractivity contribution in [2.75, 3.05) is 18.0 Å². The van der Waals surface area contributed by atoms with Gasteiger partial charge in [-0.15, -0.1) is 0 Å². The van der Waals surface area contributed by atoms with Gasteiger partial charge in [-0.2, -0.15) is 0 Å². The van der Waals surface area contributed by atoms with Crippen molar-refractivity contribution in [2.24, 2.45) is 5.92 Å². The Labute approximate surface area is 120 Å². The maximum atomic E-state index is 11.3. The Morgan fingerprint density at radius 1 is 1.32 bits per heavy atom.